The first kappa shape index (κ1) is 14.1. The summed E-state index contributed by atoms with van der Waals surface area (Å²) in [5.74, 6) is 1.02. The molecule has 3 aromatic heterocycles. The van der Waals surface area contributed by atoms with Crippen molar-refractivity contribution in [3.05, 3.63) is 67.3 Å². The highest BCUT2D eigenvalue weighted by molar-refractivity contribution is 5.76. The van der Waals surface area contributed by atoms with Crippen LogP contribution in [0.25, 0.3) is 22.3 Å². The van der Waals surface area contributed by atoms with Crippen LogP contribution < -0.4 is 4.90 Å². The van der Waals surface area contributed by atoms with Crippen LogP contribution >= 0.6 is 0 Å². The molecule has 1 aromatic carbocycles. The largest absolute Gasteiger partial charge is 0.352 e. The summed E-state index contributed by atoms with van der Waals surface area (Å²) in [6.07, 6.45) is 7.55. The van der Waals surface area contributed by atoms with E-state index >= 15 is 0 Å². The Morgan fingerprint density at radius 2 is 1.72 bits per heavy atom. The molecule has 1 fully saturated rings. The topological polar surface area (TPSA) is 59.7 Å². The van der Waals surface area contributed by atoms with Crippen molar-refractivity contribution in [2.75, 3.05) is 18.0 Å². The zero-order valence-electron chi connectivity index (χ0n) is 13.5. The standard InChI is InChI=1S/C19H16N6/c1-2-6-17-16(5-1)21-10-18(23-17)14-9-22-25(11-14)15-12-24(13-15)19-7-3-4-8-20-19/h1-11,15H,12-13H2. The molecule has 122 valence electrons. The molecule has 4 aromatic rings. The summed E-state index contributed by atoms with van der Waals surface area (Å²) in [6.45, 7) is 1.84. The van der Waals surface area contributed by atoms with Gasteiger partial charge in [0, 0.05) is 31.0 Å². The summed E-state index contributed by atoms with van der Waals surface area (Å²) >= 11 is 0. The van der Waals surface area contributed by atoms with E-state index in [4.69, 9.17) is 0 Å². The third-order valence-corrected chi connectivity index (χ3v) is 4.56. The quantitative estimate of drug-likeness (QED) is 0.579. The average molecular weight is 328 g/mol. The summed E-state index contributed by atoms with van der Waals surface area (Å²) in [4.78, 5) is 15.8. The molecule has 5 rings (SSSR count). The van der Waals surface area contributed by atoms with Crippen LogP contribution in [0.15, 0.2) is 67.3 Å². The van der Waals surface area contributed by atoms with E-state index in [9.17, 15) is 0 Å². The molecule has 1 saturated heterocycles. The number of hydrogen-bond donors (Lipinski definition) is 0. The highest BCUT2D eigenvalue weighted by Gasteiger charge is 2.29. The van der Waals surface area contributed by atoms with Gasteiger partial charge in [-0.25, -0.2) is 9.97 Å². The maximum absolute atomic E-state index is 4.69. The van der Waals surface area contributed by atoms with E-state index in [1.807, 2.05) is 65.7 Å². The van der Waals surface area contributed by atoms with E-state index < -0.39 is 0 Å². The Balaban J connectivity index is 1.35. The Morgan fingerprint density at radius 3 is 2.56 bits per heavy atom. The predicted molar refractivity (Wildman–Crippen MR) is 96.2 cm³/mol. The van der Waals surface area contributed by atoms with Gasteiger partial charge >= 0.3 is 0 Å². The molecule has 0 unspecified atom stereocenters. The molecule has 0 saturated carbocycles. The minimum Gasteiger partial charge on any atom is -0.352 e. The molecular formula is C19H16N6. The molecule has 0 bridgehead atoms. The maximum Gasteiger partial charge on any atom is 0.128 e. The first-order chi connectivity index (χ1) is 12.4. The number of hydrogen-bond acceptors (Lipinski definition) is 5. The lowest BCUT2D eigenvalue weighted by Gasteiger charge is -2.40. The van der Waals surface area contributed by atoms with Crippen LogP contribution in [0.5, 0.6) is 0 Å². The fourth-order valence-electron chi connectivity index (χ4n) is 3.12. The molecular weight excluding hydrogens is 312 g/mol. The van der Waals surface area contributed by atoms with Gasteiger partial charge in [0.1, 0.15) is 5.82 Å². The van der Waals surface area contributed by atoms with E-state index in [0.717, 1.165) is 41.2 Å². The summed E-state index contributed by atoms with van der Waals surface area (Å²) in [5, 5.41) is 4.52. The minimum atomic E-state index is 0.365. The van der Waals surface area contributed by atoms with Crippen LogP contribution in [0.1, 0.15) is 6.04 Å². The number of rotatable bonds is 3. The van der Waals surface area contributed by atoms with Crippen molar-refractivity contribution in [1.29, 1.82) is 0 Å². The highest BCUT2D eigenvalue weighted by atomic mass is 15.4. The number of anilines is 1. The van der Waals surface area contributed by atoms with Crippen LogP contribution in [0.3, 0.4) is 0 Å². The van der Waals surface area contributed by atoms with Crippen LogP contribution in [-0.2, 0) is 0 Å². The molecule has 0 spiro atoms. The Hall–Kier alpha value is -3.28. The first-order valence-corrected chi connectivity index (χ1v) is 8.29. The molecule has 6 heteroatoms. The van der Waals surface area contributed by atoms with Crippen molar-refractivity contribution < 1.29 is 0 Å². The molecule has 1 aliphatic heterocycles. The van der Waals surface area contributed by atoms with Gasteiger partial charge in [-0.1, -0.05) is 18.2 Å². The zero-order chi connectivity index (χ0) is 16.6. The molecule has 0 aliphatic carbocycles. The summed E-state index contributed by atoms with van der Waals surface area (Å²) in [7, 11) is 0. The van der Waals surface area contributed by atoms with E-state index in [1.54, 1.807) is 0 Å². The number of benzene rings is 1. The van der Waals surface area contributed by atoms with Gasteiger partial charge in [0.05, 0.1) is 35.2 Å². The Bertz CT molecular complexity index is 1020. The molecule has 1 aliphatic rings. The van der Waals surface area contributed by atoms with Crippen molar-refractivity contribution >= 4 is 16.9 Å². The SMILES string of the molecule is c1ccc(N2CC(n3cc(-c4cnc5ccccc5n4)cn3)C2)nc1. The van der Waals surface area contributed by atoms with E-state index in [-0.39, 0.29) is 0 Å². The fourth-order valence-corrected chi connectivity index (χ4v) is 3.12. The first-order valence-electron chi connectivity index (χ1n) is 8.29. The van der Waals surface area contributed by atoms with Crippen LogP contribution in [0, 0.1) is 0 Å². The fraction of sp³-hybridized carbons (Fsp3) is 0.158. The van der Waals surface area contributed by atoms with E-state index in [1.165, 1.54) is 0 Å². The predicted octanol–water partition coefficient (Wildman–Crippen LogP) is 2.95. The lowest BCUT2D eigenvalue weighted by atomic mass is 10.1. The average Bonchev–Trinajstić information content (AvgIpc) is 3.11. The van der Waals surface area contributed by atoms with Gasteiger partial charge in [0.25, 0.3) is 0 Å². The lowest BCUT2D eigenvalue weighted by Crippen LogP contribution is -2.48. The van der Waals surface area contributed by atoms with E-state index in [0.29, 0.717) is 6.04 Å². The van der Waals surface area contributed by atoms with Crippen molar-refractivity contribution in [3.63, 3.8) is 0 Å². The zero-order valence-corrected chi connectivity index (χ0v) is 13.5. The second kappa shape index (κ2) is 5.66. The van der Waals surface area contributed by atoms with Gasteiger partial charge in [-0.15, -0.1) is 0 Å². The van der Waals surface area contributed by atoms with Crippen LogP contribution in [0.4, 0.5) is 5.82 Å². The number of para-hydroxylation sites is 2. The second-order valence-corrected chi connectivity index (χ2v) is 6.20. The number of aromatic nitrogens is 5. The number of fused-ring (bicyclic) bond motifs is 1. The van der Waals surface area contributed by atoms with Gasteiger partial charge < -0.3 is 4.90 Å². The normalized spacial score (nSPS) is 14.6. The van der Waals surface area contributed by atoms with Crippen molar-refractivity contribution in [3.8, 4) is 11.3 Å². The Labute approximate surface area is 144 Å². The lowest BCUT2D eigenvalue weighted by molar-refractivity contribution is 0.366. The molecule has 0 amide bonds. The van der Waals surface area contributed by atoms with Gasteiger partial charge in [0.2, 0.25) is 0 Å². The molecule has 0 radical (unpaired) electrons. The van der Waals surface area contributed by atoms with Crippen LogP contribution in [0.2, 0.25) is 0 Å². The minimum absolute atomic E-state index is 0.365. The summed E-state index contributed by atoms with van der Waals surface area (Å²) < 4.78 is 2.02. The number of pyridine rings is 1. The molecule has 0 N–H and O–H groups in total. The van der Waals surface area contributed by atoms with Crippen molar-refractivity contribution in [2.45, 2.75) is 6.04 Å². The molecule has 0 atom stereocenters. The van der Waals surface area contributed by atoms with Gasteiger partial charge in [-0.05, 0) is 24.3 Å². The van der Waals surface area contributed by atoms with Gasteiger partial charge in [-0.2, -0.15) is 5.10 Å². The Morgan fingerprint density at radius 1 is 0.880 bits per heavy atom. The second-order valence-electron chi connectivity index (χ2n) is 6.20. The highest BCUT2D eigenvalue weighted by Crippen LogP contribution is 2.27. The van der Waals surface area contributed by atoms with E-state index in [2.05, 4.69) is 31.1 Å². The van der Waals surface area contributed by atoms with Crippen molar-refractivity contribution in [1.82, 2.24) is 24.7 Å². The third-order valence-electron chi connectivity index (χ3n) is 4.56. The molecule has 25 heavy (non-hydrogen) atoms. The molecule has 4 heterocycles. The Kier molecular flexibility index (Phi) is 3.19. The van der Waals surface area contributed by atoms with Gasteiger partial charge in [-0.3, -0.25) is 9.67 Å². The summed E-state index contributed by atoms with van der Waals surface area (Å²) in [6, 6.07) is 14.2. The summed E-state index contributed by atoms with van der Waals surface area (Å²) in [5.41, 5.74) is 3.65. The monoisotopic (exact) mass is 328 g/mol. The van der Waals surface area contributed by atoms with Crippen LogP contribution in [-0.4, -0.2) is 37.8 Å². The van der Waals surface area contributed by atoms with Gasteiger partial charge in [0.15, 0.2) is 0 Å². The maximum atomic E-state index is 4.69. The van der Waals surface area contributed by atoms with Crippen molar-refractivity contribution in [2.24, 2.45) is 0 Å². The number of nitrogens with zero attached hydrogens (tertiary/aromatic N) is 6. The molecule has 6 nitrogen and oxygen atoms in total. The third kappa shape index (κ3) is 2.52. The smallest absolute Gasteiger partial charge is 0.128 e.